The Morgan fingerprint density at radius 2 is 1.64 bits per heavy atom. The van der Waals surface area contributed by atoms with Crippen molar-refractivity contribution in [2.24, 2.45) is 0 Å². The summed E-state index contributed by atoms with van der Waals surface area (Å²) in [4.78, 5) is 0. The fourth-order valence-corrected chi connectivity index (χ4v) is 9.48. The number of fused-ring (bicyclic) bond motifs is 1. The molecule has 2 bridgehead atoms. The molecule has 0 atom stereocenters. The molecule has 0 radical (unpaired) electrons. The average Bonchev–Trinajstić information content (AvgIpc) is 2.99. The van der Waals surface area contributed by atoms with Crippen molar-refractivity contribution in [2.45, 2.75) is 66.0 Å². The van der Waals surface area contributed by atoms with Crippen LogP contribution in [0.2, 0.25) is 13.1 Å². The third-order valence-corrected chi connectivity index (χ3v) is 10.1. The average molecular weight is 347 g/mol. The van der Waals surface area contributed by atoms with Gasteiger partial charge in [0.25, 0.3) is 0 Å². The first-order chi connectivity index (χ1) is 11.7. The molecule has 2 aromatic carbocycles. The summed E-state index contributed by atoms with van der Waals surface area (Å²) < 4.78 is 0. The van der Waals surface area contributed by atoms with Gasteiger partial charge in [-0.2, -0.15) is 0 Å². The first-order valence-electron chi connectivity index (χ1n) is 9.67. The molecule has 0 spiro atoms. The molecule has 1 heterocycles. The number of rotatable bonds is 2. The maximum atomic E-state index is 2.56. The molecule has 0 saturated carbocycles. The van der Waals surface area contributed by atoms with Crippen LogP contribution in [0.25, 0.3) is 16.3 Å². The number of aryl methyl sites for hydroxylation is 1. The van der Waals surface area contributed by atoms with Gasteiger partial charge in [-0.25, -0.2) is 0 Å². The molecule has 0 unspecified atom stereocenters. The summed E-state index contributed by atoms with van der Waals surface area (Å²) in [6.07, 6.45) is 2.39. The maximum Gasteiger partial charge on any atom is 0.114 e. The van der Waals surface area contributed by atoms with E-state index in [2.05, 4.69) is 78.0 Å². The van der Waals surface area contributed by atoms with Crippen molar-refractivity contribution in [3.05, 3.63) is 58.2 Å². The molecule has 0 aromatic heterocycles. The molecule has 0 nitrogen and oxygen atoms in total. The van der Waals surface area contributed by atoms with E-state index in [1.54, 1.807) is 32.6 Å². The Morgan fingerprint density at radius 1 is 1.00 bits per heavy atom. The molecule has 0 amide bonds. The molecule has 0 fully saturated rings. The van der Waals surface area contributed by atoms with Crippen LogP contribution in [0.4, 0.5) is 0 Å². The van der Waals surface area contributed by atoms with E-state index >= 15 is 0 Å². The van der Waals surface area contributed by atoms with Crippen LogP contribution >= 0.6 is 0 Å². The Labute approximate surface area is 154 Å². The number of hydrogen-bond acceptors (Lipinski definition) is 0. The Bertz CT molecular complexity index is 903. The van der Waals surface area contributed by atoms with Crippen LogP contribution in [0.3, 0.4) is 0 Å². The lowest BCUT2D eigenvalue weighted by Crippen LogP contribution is -2.41. The van der Waals surface area contributed by atoms with Gasteiger partial charge in [-0.05, 0) is 63.4 Å². The molecule has 2 aliphatic rings. The smallest absolute Gasteiger partial charge is 0.0658 e. The predicted molar refractivity (Wildman–Crippen MR) is 113 cm³/mol. The van der Waals surface area contributed by atoms with Crippen LogP contribution in [-0.4, -0.2) is 8.07 Å². The molecule has 0 N–H and O–H groups in total. The highest BCUT2D eigenvalue weighted by Crippen LogP contribution is 2.50. The number of allylic oxidation sites excluding steroid dienone is 1. The normalized spacial score (nSPS) is 17.6. The molecule has 1 aliphatic carbocycles. The van der Waals surface area contributed by atoms with E-state index in [4.69, 9.17) is 0 Å². The molecule has 1 aliphatic heterocycles. The fourth-order valence-electron chi connectivity index (χ4n) is 5.22. The second-order valence-corrected chi connectivity index (χ2v) is 13.7. The molecule has 2 aromatic rings. The van der Waals surface area contributed by atoms with Crippen molar-refractivity contribution < 1.29 is 0 Å². The summed E-state index contributed by atoms with van der Waals surface area (Å²) in [7, 11) is -1.57. The quantitative estimate of drug-likeness (QED) is 0.572. The third kappa shape index (κ3) is 2.25. The van der Waals surface area contributed by atoms with Crippen molar-refractivity contribution in [1.82, 2.24) is 0 Å². The van der Waals surface area contributed by atoms with E-state index < -0.39 is 8.07 Å². The highest BCUT2D eigenvalue weighted by atomic mass is 28.3. The first kappa shape index (κ1) is 16.8. The van der Waals surface area contributed by atoms with Gasteiger partial charge < -0.3 is 0 Å². The van der Waals surface area contributed by atoms with E-state index in [0.717, 1.165) is 0 Å². The maximum absolute atomic E-state index is 2.56. The molecule has 4 rings (SSSR count). The van der Waals surface area contributed by atoms with E-state index in [0.29, 0.717) is 0 Å². The van der Waals surface area contributed by atoms with Gasteiger partial charge in [-0.1, -0.05) is 82.3 Å². The number of hydrogen-bond donors (Lipinski definition) is 0. The monoisotopic (exact) mass is 346 g/mol. The van der Waals surface area contributed by atoms with Crippen molar-refractivity contribution in [3.63, 3.8) is 0 Å². The Morgan fingerprint density at radius 3 is 2.20 bits per heavy atom. The van der Waals surface area contributed by atoms with Crippen molar-refractivity contribution in [2.75, 3.05) is 0 Å². The van der Waals surface area contributed by atoms with Gasteiger partial charge in [0.15, 0.2) is 0 Å². The zero-order valence-electron chi connectivity index (χ0n) is 16.8. The first-order valence-corrected chi connectivity index (χ1v) is 12.7. The lowest BCUT2D eigenvalue weighted by Gasteiger charge is -2.24. The standard InChI is InChI=1S/C24H30Si/c1-8-16-14-18-13-15(2)22-20(21(18)23(16)25(22,6)7)17-9-11-19(12-10-17)24(3,4)5/h9-13H,8,14H2,1-7H3. The number of benzene rings is 2. The van der Waals surface area contributed by atoms with Crippen LogP contribution in [0.5, 0.6) is 0 Å². The van der Waals surface area contributed by atoms with Gasteiger partial charge in [0.1, 0.15) is 8.07 Å². The van der Waals surface area contributed by atoms with Gasteiger partial charge in [-0.3, -0.25) is 0 Å². The molecule has 25 heavy (non-hydrogen) atoms. The molecular formula is C24H30Si. The summed E-state index contributed by atoms with van der Waals surface area (Å²) in [6, 6.07) is 11.9. The molecular weight excluding hydrogens is 316 g/mol. The molecule has 130 valence electrons. The van der Waals surface area contributed by atoms with Crippen molar-refractivity contribution >= 4 is 18.5 Å². The summed E-state index contributed by atoms with van der Waals surface area (Å²) in [5, 5.41) is 3.46. The Balaban J connectivity index is 1.97. The van der Waals surface area contributed by atoms with Crippen LogP contribution in [0.1, 0.15) is 56.4 Å². The zero-order valence-corrected chi connectivity index (χ0v) is 17.8. The summed E-state index contributed by atoms with van der Waals surface area (Å²) in [5.74, 6) is 0. The topological polar surface area (TPSA) is 0 Å². The minimum Gasteiger partial charge on any atom is -0.0658 e. The largest absolute Gasteiger partial charge is 0.114 e. The third-order valence-electron chi connectivity index (χ3n) is 6.33. The predicted octanol–water partition coefficient (Wildman–Crippen LogP) is 6.15. The SMILES string of the molecule is CCC1=C2c3c(cc(C)c(c3-c3ccc(C(C)(C)C)cc3)[Si]2(C)C)C1. The fraction of sp³-hybridized carbons (Fsp3) is 0.417. The second kappa shape index (κ2) is 5.20. The van der Waals surface area contributed by atoms with E-state index in [1.165, 1.54) is 29.5 Å². The van der Waals surface area contributed by atoms with Gasteiger partial charge in [0, 0.05) is 0 Å². The minimum absolute atomic E-state index is 0.213. The van der Waals surface area contributed by atoms with Gasteiger partial charge in [0.05, 0.1) is 0 Å². The lowest BCUT2D eigenvalue weighted by atomic mass is 9.85. The molecule has 1 heteroatoms. The lowest BCUT2D eigenvalue weighted by molar-refractivity contribution is 0.590. The van der Waals surface area contributed by atoms with E-state index in [9.17, 15) is 0 Å². The highest BCUT2D eigenvalue weighted by molar-refractivity contribution is 7.07. The zero-order chi connectivity index (χ0) is 18.1. The van der Waals surface area contributed by atoms with Crippen LogP contribution < -0.4 is 5.19 Å². The highest BCUT2D eigenvalue weighted by Gasteiger charge is 2.46. The van der Waals surface area contributed by atoms with Crippen LogP contribution in [0.15, 0.2) is 35.9 Å². The van der Waals surface area contributed by atoms with E-state index in [-0.39, 0.29) is 5.41 Å². The minimum atomic E-state index is -1.57. The van der Waals surface area contributed by atoms with Crippen LogP contribution in [-0.2, 0) is 11.8 Å². The summed E-state index contributed by atoms with van der Waals surface area (Å²) in [6.45, 7) is 16.7. The van der Waals surface area contributed by atoms with Gasteiger partial charge in [-0.15, -0.1) is 0 Å². The second-order valence-electron chi connectivity index (χ2n) is 9.44. The van der Waals surface area contributed by atoms with Gasteiger partial charge in [0.2, 0.25) is 0 Å². The van der Waals surface area contributed by atoms with Crippen molar-refractivity contribution in [1.29, 1.82) is 0 Å². The summed E-state index contributed by atoms with van der Waals surface area (Å²) in [5.41, 5.74) is 11.1. The van der Waals surface area contributed by atoms with E-state index in [1.807, 2.05) is 0 Å². The van der Waals surface area contributed by atoms with Crippen molar-refractivity contribution in [3.8, 4) is 11.1 Å². The Hall–Kier alpha value is -1.60. The van der Waals surface area contributed by atoms with Crippen LogP contribution in [0, 0.1) is 6.92 Å². The Kier molecular flexibility index (Phi) is 3.50. The van der Waals surface area contributed by atoms with Gasteiger partial charge >= 0.3 is 0 Å². The summed E-state index contributed by atoms with van der Waals surface area (Å²) >= 11 is 0. The molecule has 0 saturated heterocycles.